The third-order valence-electron chi connectivity index (χ3n) is 2.87. The normalized spacial score (nSPS) is 19.7. The zero-order chi connectivity index (χ0) is 13.1. The maximum atomic E-state index is 11.7. The Balaban J connectivity index is 2.33. The van der Waals surface area contributed by atoms with Crippen LogP contribution < -0.4 is 21.5 Å². The summed E-state index contributed by atoms with van der Waals surface area (Å²) < 4.78 is 0. The lowest BCUT2D eigenvalue weighted by Crippen LogP contribution is -2.58. The first-order valence-corrected chi connectivity index (χ1v) is 5.68. The van der Waals surface area contributed by atoms with Crippen molar-refractivity contribution >= 4 is 23.3 Å². The van der Waals surface area contributed by atoms with Gasteiger partial charge in [-0.3, -0.25) is 14.9 Å². The molecule has 7 heteroatoms. The SMILES string of the molecule is CCC1C(=O)NC(=O)CN1c1ccnc(NN)c1. The number of hydrazine groups is 1. The van der Waals surface area contributed by atoms with Crippen LogP contribution >= 0.6 is 0 Å². The van der Waals surface area contributed by atoms with E-state index in [2.05, 4.69) is 15.7 Å². The first-order valence-electron chi connectivity index (χ1n) is 5.68. The van der Waals surface area contributed by atoms with Crippen LogP contribution in [0.2, 0.25) is 0 Å². The van der Waals surface area contributed by atoms with Crippen LogP contribution in [0.25, 0.3) is 0 Å². The Hall–Kier alpha value is -2.15. The summed E-state index contributed by atoms with van der Waals surface area (Å²) in [5.41, 5.74) is 3.18. The van der Waals surface area contributed by atoms with Gasteiger partial charge >= 0.3 is 0 Å². The number of carbonyl (C=O) groups is 2. The second kappa shape index (κ2) is 5.01. The average Bonchev–Trinajstić information content (AvgIpc) is 2.38. The molecule has 0 radical (unpaired) electrons. The molecular formula is C11H15N5O2. The number of anilines is 2. The monoisotopic (exact) mass is 249 g/mol. The minimum absolute atomic E-state index is 0.151. The molecule has 1 aromatic rings. The van der Waals surface area contributed by atoms with Crippen molar-refractivity contribution in [3.05, 3.63) is 18.3 Å². The van der Waals surface area contributed by atoms with Crippen molar-refractivity contribution in [3.63, 3.8) is 0 Å². The van der Waals surface area contributed by atoms with Gasteiger partial charge in [0.1, 0.15) is 11.9 Å². The van der Waals surface area contributed by atoms with Crippen molar-refractivity contribution in [2.24, 2.45) is 5.84 Å². The van der Waals surface area contributed by atoms with Gasteiger partial charge in [-0.05, 0) is 12.5 Å². The quantitative estimate of drug-likeness (QED) is 0.383. The summed E-state index contributed by atoms with van der Waals surface area (Å²) in [6.07, 6.45) is 2.20. The smallest absolute Gasteiger partial charge is 0.249 e. The third kappa shape index (κ3) is 2.25. The molecule has 96 valence electrons. The summed E-state index contributed by atoms with van der Waals surface area (Å²) in [5.74, 6) is 5.21. The highest BCUT2D eigenvalue weighted by atomic mass is 16.2. The zero-order valence-electron chi connectivity index (χ0n) is 10.0. The number of carbonyl (C=O) groups excluding carboxylic acids is 2. The van der Waals surface area contributed by atoms with E-state index in [0.717, 1.165) is 5.69 Å². The van der Waals surface area contributed by atoms with Crippen molar-refractivity contribution < 1.29 is 9.59 Å². The average molecular weight is 249 g/mol. The number of amides is 2. The predicted molar refractivity (Wildman–Crippen MR) is 66.6 cm³/mol. The Morgan fingerprint density at radius 1 is 1.61 bits per heavy atom. The van der Waals surface area contributed by atoms with Gasteiger partial charge in [-0.1, -0.05) is 6.92 Å². The molecule has 1 aromatic heterocycles. The van der Waals surface area contributed by atoms with Crippen LogP contribution in [0.3, 0.4) is 0 Å². The number of nitrogens with one attached hydrogen (secondary N) is 2. The number of hydrogen-bond acceptors (Lipinski definition) is 6. The number of nitrogen functional groups attached to an aromatic ring is 1. The van der Waals surface area contributed by atoms with Gasteiger partial charge in [0.15, 0.2) is 0 Å². The zero-order valence-corrected chi connectivity index (χ0v) is 10.0. The van der Waals surface area contributed by atoms with Crippen molar-refractivity contribution in [2.45, 2.75) is 19.4 Å². The predicted octanol–water partition coefficient (Wildman–Crippen LogP) is -0.391. The van der Waals surface area contributed by atoms with Crippen LogP contribution in [-0.2, 0) is 9.59 Å². The maximum Gasteiger partial charge on any atom is 0.249 e. The number of hydrogen-bond donors (Lipinski definition) is 3. The van der Waals surface area contributed by atoms with Crippen LogP contribution in [-0.4, -0.2) is 29.4 Å². The second-order valence-corrected chi connectivity index (χ2v) is 4.01. The molecule has 0 aromatic carbocycles. The molecule has 1 fully saturated rings. The van der Waals surface area contributed by atoms with E-state index in [9.17, 15) is 9.59 Å². The Labute approximate surface area is 104 Å². The third-order valence-corrected chi connectivity index (χ3v) is 2.87. The van der Waals surface area contributed by atoms with Crippen LogP contribution in [0.5, 0.6) is 0 Å². The van der Waals surface area contributed by atoms with E-state index in [0.29, 0.717) is 12.2 Å². The highest BCUT2D eigenvalue weighted by molar-refractivity contribution is 6.04. The number of rotatable bonds is 3. The molecule has 4 N–H and O–H groups in total. The van der Waals surface area contributed by atoms with Crippen LogP contribution in [0.4, 0.5) is 11.5 Å². The van der Waals surface area contributed by atoms with E-state index in [1.807, 2.05) is 6.92 Å². The van der Waals surface area contributed by atoms with Gasteiger partial charge < -0.3 is 10.3 Å². The van der Waals surface area contributed by atoms with Gasteiger partial charge in [-0.2, -0.15) is 0 Å². The van der Waals surface area contributed by atoms with Crippen molar-refractivity contribution in [1.29, 1.82) is 0 Å². The summed E-state index contributed by atoms with van der Waals surface area (Å²) in [7, 11) is 0. The summed E-state index contributed by atoms with van der Waals surface area (Å²) in [4.78, 5) is 28.9. The van der Waals surface area contributed by atoms with Gasteiger partial charge in [-0.25, -0.2) is 10.8 Å². The molecule has 7 nitrogen and oxygen atoms in total. The highest BCUT2D eigenvalue weighted by Crippen LogP contribution is 2.22. The van der Waals surface area contributed by atoms with Gasteiger partial charge in [-0.15, -0.1) is 0 Å². The molecule has 0 saturated carbocycles. The summed E-state index contributed by atoms with van der Waals surface area (Å²) in [5, 5.41) is 2.33. The molecule has 1 aliphatic heterocycles. The molecule has 18 heavy (non-hydrogen) atoms. The van der Waals surface area contributed by atoms with Crippen molar-refractivity contribution in [2.75, 3.05) is 16.9 Å². The lowest BCUT2D eigenvalue weighted by molar-refractivity contribution is -0.132. The molecule has 2 rings (SSSR count). The van der Waals surface area contributed by atoms with E-state index in [-0.39, 0.29) is 24.4 Å². The van der Waals surface area contributed by atoms with E-state index in [1.54, 1.807) is 23.2 Å². The Kier molecular flexibility index (Phi) is 3.42. The molecular weight excluding hydrogens is 234 g/mol. The topological polar surface area (TPSA) is 100 Å². The van der Waals surface area contributed by atoms with E-state index in [1.165, 1.54) is 0 Å². The largest absolute Gasteiger partial charge is 0.350 e. The summed E-state index contributed by atoms with van der Waals surface area (Å²) in [6.45, 7) is 2.05. The summed E-state index contributed by atoms with van der Waals surface area (Å²) in [6, 6.07) is 3.10. The van der Waals surface area contributed by atoms with E-state index >= 15 is 0 Å². The molecule has 2 amide bonds. The minimum Gasteiger partial charge on any atom is -0.350 e. The second-order valence-electron chi connectivity index (χ2n) is 4.01. The lowest BCUT2D eigenvalue weighted by Gasteiger charge is -2.35. The van der Waals surface area contributed by atoms with Crippen LogP contribution in [0, 0.1) is 0 Å². The van der Waals surface area contributed by atoms with Crippen molar-refractivity contribution in [3.8, 4) is 0 Å². The fraction of sp³-hybridized carbons (Fsp3) is 0.364. The molecule has 1 unspecified atom stereocenters. The molecule has 1 saturated heterocycles. The summed E-state index contributed by atoms with van der Waals surface area (Å²) >= 11 is 0. The molecule has 0 aliphatic carbocycles. The number of pyridine rings is 1. The Morgan fingerprint density at radius 2 is 2.39 bits per heavy atom. The molecule has 1 aliphatic rings. The molecule has 0 spiro atoms. The Morgan fingerprint density at radius 3 is 3.06 bits per heavy atom. The number of imide groups is 1. The van der Waals surface area contributed by atoms with Crippen LogP contribution in [0.1, 0.15) is 13.3 Å². The molecule has 0 bridgehead atoms. The fourth-order valence-electron chi connectivity index (χ4n) is 2.02. The number of piperazine rings is 1. The van der Waals surface area contributed by atoms with Crippen LogP contribution in [0.15, 0.2) is 18.3 Å². The Bertz CT molecular complexity index is 476. The number of nitrogens with zero attached hydrogens (tertiary/aromatic N) is 2. The molecule has 1 atom stereocenters. The fourth-order valence-corrected chi connectivity index (χ4v) is 2.02. The van der Waals surface area contributed by atoms with E-state index < -0.39 is 0 Å². The van der Waals surface area contributed by atoms with E-state index in [4.69, 9.17) is 5.84 Å². The number of aromatic nitrogens is 1. The molecule has 2 heterocycles. The van der Waals surface area contributed by atoms with Gasteiger partial charge in [0.05, 0.1) is 6.54 Å². The highest BCUT2D eigenvalue weighted by Gasteiger charge is 2.32. The lowest BCUT2D eigenvalue weighted by atomic mass is 10.1. The number of nitrogens with two attached hydrogens (primary N) is 1. The van der Waals surface area contributed by atoms with Gasteiger partial charge in [0.25, 0.3) is 0 Å². The standard InChI is InChI=1S/C11H15N5O2/c1-2-8-11(18)14-10(17)6-16(8)7-3-4-13-9(5-7)15-12/h3-5,8H,2,6,12H2,1H3,(H,13,15)(H,14,17,18). The first-order chi connectivity index (χ1) is 8.65. The van der Waals surface area contributed by atoms with Crippen molar-refractivity contribution in [1.82, 2.24) is 10.3 Å². The first kappa shape index (κ1) is 12.3. The van der Waals surface area contributed by atoms with Gasteiger partial charge in [0, 0.05) is 18.0 Å². The minimum atomic E-state index is -0.351. The maximum absolute atomic E-state index is 11.7. The van der Waals surface area contributed by atoms with Gasteiger partial charge in [0.2, 0.25) is 11.8 Å².